The van der Waals surface area contributed by atoms with Crippen LogP contribution in [0.4, 0.5) is 0 Å². The zero-order valence-electron chi connectivity index (χ0n) is 21.3. The van der Waals surface area contributed by atoms with E-state index in [1.54, 1.807) is 12.1 Å². The Bertz CT molecular complexity index is 1200. The van der Waals surface area contributed by atoms with Crippen molar-refractivity contribution < 1.29 is 14.9 Å². The number of phenolic OH excluding ortho intramolecular Hbond substituents is 2. The second kappa shape index (κ2) is 13.8. The summed E-state index contributed by atoms with van der Waals surface area (Å²) < 4.78 is 5.87. The van der Waals surface area contributed by atoms with Crippen molar-refractivity contribution in [1.29, 1.82) is 0 Å². The van der Waals surface area contributed by atoms with Crippen molar-refractivity contribution in [3.05, 3.63) is 126 Å². The first-order chi connectivity index (χ1) is 17.5. The van der Waals surface area contributed by atoms with Gasteiger partial charge in [-0.05, 0) is 72.6 Å². The summed E-state index contributed by atoms with van der Waals surface area (Å²) in [5.41, 5.74) is 6.37. The normalized spacial score (nSPS) is 11.3. The van der Waals surface area contributed by atoms with Crippen LogP contribution in [0.1, 0.15) is 30.0 Å². The number of para-hydroxylation sites is 2. The first-order valence-corrected chi connectivity index (χ1v) is 12.2. The quantitative estimate of drug-likeness (QED) is 0.208. The maximum absolute atomic E-state index is 8.67. The summed E-state index contributed by atoms with van der Waals surface area (Å²) >= 11 is 0. The summed E-state index contributed by atoms with van der Waals surface area (Å²) in [6.45, 7) is 3.83. The SMILES string of the molecule is CC/C(=C(\c1ccccc1)c1ccc(OCCN(C)C)cc1)c1ccccc1.Oc1ccccc1O. The molecule has 0 fully saturated rings. The lowest BCUT2D eigenvalue weighted by atomic mass is 9.88. The Balaban J connectivity index is 0.000000383. The summed E-state index contributed by atoms with van der Waals surface area (Å²) in [5.74, 6) is 0.760. The van der Waals surface area contributed by atoms with Gasteiger partial charge in [-0.25, -0.2) is 0 Å². The highest BCUT2D eigenvalue weighted by molar-refractivity contribution is 5.98. The Morgan fingerprint density at radius 2 is 1.11 bits per heavy atom. The first kappa shape index (κ1) is 26.6. The molecule has 0 radical (unpaired) electrons. The van der Waals surface area contributed by atoms with Crippen molar-refractivity contribution >= 4 is 11.1 Å². The molecule has 0 aromatic heterocycles. The molecule has 0 unspecified atom stereocenters. The smallest absolute Gasteiger partial charge is 0.157 e. The number of ether oxygens (including phenoxy) is 1. The van der Waals surface area contributed by atoms with Gasteiger partial charge < -0.3 is 19.8 Å². The molecule has 0 atom stereocenters. The summed E-state index contributed by atoms with van der Waals surface area (Å²) in [6, 6.07) is 36.0. The second-order valence-electron chi connectivity index (χ2n) is 8.60. The van der Waals surface area contributed by atoms with E-state index < -0.39 is 0 Å². The van der Waals surface area contributed by atoms with Crippen LogP contribution in [0.5, 0.6) is 17.2 Å². The number of aromatic hydroxyl groups is 2. The van der Waals surface area contributed by atoms with Crippen LogP contribution in [-0.2, 0) is 0 Å². The fraction of sp³-hybridized carbons (Fsp3) is 0.188. The van der Waals surface area contributed by atoms with E-state index >= 15 is 0 Å². The van der Waals surface area contributed by atoms with E-state index in [1.807, 2.05) is 0 Å². The second-order valence-corrected chi connectivity index (χ2v) is 8.60. The molecular weight excluding hydrogens is 446 g/mol. The molecule has 0 amide bonds. The van der Waals surface area contributed by atoms with Gasteiger partial charge in [0.05, 0.1) is 0 Å². The third-order valence-electron chi connectivity index (χ3n) is 5.67. The number of phenols is 2. The van der Waals surface area contributed by atoms with Crippen LogP contribution < -0.4 is 4.74 Å². The number of benzene rings is 4. The van der Waals surface area contributed by atoms with E-state index in [1.165, 1.54) is 40.0 Å². The van der Waals surface area contributed by atoms with Gasteiger partial charge in [-0.3, -0.25) is 0 Å². The van der Waals surface area contributed by atoms with Gasteiger partial charge in [0.25, 0.3) is 0 Å². The molecule has 0 saturated heterocycles. The third kappa shape index (κ3) is 7.76. The molecule has 0 aliphatic heterocycles. The molecule has 4 nitrogen and oxygen atoms in total. The predicted molar refractivity (Wildman–Crippen MR) is 149 cm³/mol. The van der Waals surface area contributed by atoms with Crippen molar-refractivity contribution in [1.82, 2.24) is 4.90 Å². The van der Waals surface area contributed by atoms with Crippen LogP contribution in [0, 0.1) is 0 Å². The molecule has 0 saturated carbocycles. The van der Waals surface area contributed by atoms with Crippen LogP contribution in [0.2, 0.25) is 0 Å². The van der Waals surface area contributed by atoms with Gasteiger partial charge in [0.2, 0.25) is 0 Å². The van der Waals surface area contributed by atoms with Crippen molar-refractivity contribution in [3.63, 3.8) is 0 Å². The van der Waals surface area contributed by atoms with Crippen LogP contribution in [0.15, 0.2) is 109 Å². The highest BCUT2D eigenvalue weighted by atomic mass is 16.5. The molecule has 4 rings (SSSR count). The van der Waals surface area contributed by atoms with E-state index in [0.29, 0.717) is 6.61 Å². The fourth-order valence-corrected chi connectivity index (χ4v) is 3.81. The number of rotatable bonds is 8. The largest absolute Gasteiger partial charge is 0.504 e. The van der Waals surface area contributed by atoms with Gasteiger partial charge in [0, 0.05) is 6.54 Å². The van der Waals surface area contributed by atoms with Gasteiger partial charge in [0.15, 0.2) is 11.5 Å². The first-order valence-electron chi connectivity index (χ1n) is 12.2. The Morgan fingerprint density at radius 1 is 0.639 bits per heavy atom. The van der Waals surface area contributed by atoms with E-state index in [4.69, 9.17) is 14.9 Å². The maximum Gasteiger partial charge on any atom is 0.157 e. The zero-order valence-corrected chi connectivity index (χ0v) is 21.3. The predicted octanol–water partition coefficient (Wildman–Crippen LogP) is 7.09. The lowest BCUT2D eigenvalue weighted by Crippen LogP contribution is -2.19. The van der Waals surface area contributed by atoms with Gasteiger partial charge in [-0.2, -0.15) is 0 Å². The van der Waals surface area contributed by atoms with Crippen LogP contribution in [-0.4, -0.2) is 42.4 Å². The molecule has 0 bridgehead atoms. The van der Waals surface area contributed by atoms with Crippen molar-refractivity contribution in [2.24, 2.45) is 0 Å². The minimum absolute atomic E-state index is 0.0764. The standard InChI is InChI=1S/C26H29NO.C6H6O2/c1-4-25(21-11-7-5-8-12-21)26(22-13-9-6-10-14-22)23-15-17-24(18-16-23)28-20-19-27(2)3;7-5-3-1-2-4-6(5)8/h5-18H,4,19-20H2,1-3H3;1-4,7-8H/b26-25-;. The summed E-state index contributed by atoms with van der Waals surface area (Å²) in [4.78, 5) is 2.12. The molecule has 4 heteroatoms. The number of hydrogen-bond acceptors (Lipinski definition) is 4. The summed E-state index contributed by atoms with van der Waals surface area (Å²) in [7, 11) is 4.11. The average molecular weight is 482 g/mol. The van der Waals surface area contributed by atoms with Crippen LogP contribution >= 0.6 is 0 Å². The van der Waals surface area contributed by atoms with Crippen molar-refractivity contribution in [2.45, 2.75) is 13.3 Å². The monoisotopic (exact) mass is 481 g/mol. The summed E-state index contributed by atoms with van der Waals surface area (Å²) in [6.07, 6.45) is 0.968. The molecule has 0 spiro atoms. The van der Waals surface area contributed by atoms with E-state index in [-0.39, 0.29) is 11.5 Å². The molecule has 0 aliphatic carbocycles. The molecule has 4 aromatic rings. The topological polar surface area (TPSA) is 52.9 Å². The molecular formula is C32H35NO3. The minimum atomic E-state index is -0.0764. The Labute approximate surface area is 214 Å². The highest BCUT2D eigenvalue weighted by Crippen LogP contribution is 2.34. The molecule has 0 heterocycles. The number of likely N-dealkylation sites (N-methyl/N-ethyl adjacent to an activating group) is 1. The van der Waals surface area contributed by atoms with E-state index in [2.05, 4.69) is 111 Å². The van der Waals surface area contributed by atoms with Crippen molar-refractivity contribution in [2.75, 3.05) is 27.2 Å². The highest BCUT2D eigenvalue weighted by Gasteiger charge is 2.13. The van der Waals surface area contributed by atoms with Crippen LogP contribution in [0.25, 0.3) is 11.1 Å². The number of nitrogens with zero attached hydrogens (tertiary/aromatic N) is 1. The Morgan fingerprint density at radius 3 is 1.58 bits per heavy atom. The molecule has 2 N–H and O–H groups in total. The molecule has 0 aliphatic rings. The van der Waals surface area contributed by atoms with Gasteiger partial charge >= 0.3 is 0 Å². The molecule has 186 valence electrons. The molecule has 4 aromatic carbocycles. The summed E-state index contributed by atoms with van der Waals surface area (Å²) in [5, 5.41) is 17.3. The zero-order chi connectivity index (χ0) is 25.8. The van der Waals surface area contributed by atoms with Gasteiger partial charge in [0.1, 0.15) is 12.4 Å². The van der Waals surface area contributed by atoms with Crippen LogP contribution in [0.3, 0.4) is 0 Å². The average Bonchev–Trinajstić information content (AvgIpc) is 2.91. The molecule has 36 heavy (non-hydrogen) atoms. The Hall–Kier alpha value is -4.02. The number of hydrogen-bond donors (Lipinski definition) is 2. The third-order valence-corrected chi connectivity index (χ3v) is 5.67. The van der Waals surface area contributed by atoms with E-state index in [9.17, 15) is 0 Å². The minimum Gasteiger partial charge on any atom is -0.504 e. The lowest BCUT2D eigenvalue weighted by Gasteiger charge is -2.17. The Kier molecular flexibility index (Phi) is 10.2. The fourth-order valence-electron chi connectivity index (χ4n) is 3.81. The lowest BCUT2D eigenvalue weighted by molar-refractivity contribution is 0.261. The number of allylic oxidation sites excluding steroid dienone is 1. The van der Waals surface area contributed by atoms with Gasteiger partial charge in [-0.1, -0.05) is 91.9 Å². The van der Waals surface area contributed by atoms with Gasteiger partial charge in [-0.15, -0.1) is 0 Å². The van der Waals surface area contributed by atoms with Crippen molar-refractivity contribution in [3.8, 4) is 17.2 Å². The maximum atomic E-state index is 8.67. The van der Waals surface area contributed by atoms with E-state index in [0.717, 1.165) is 18.7 Å².